The molecule has 0 bridgehead atoms. The molecule has 0 N–H and O–H groups in total. The minimum absolute atomic E-state index is 0.199. The fourth-order valence-electron chi connectivity index (χ4n) is 2.32. The molecule has 3 aromatic carbocycles. The van der Waals surface area contributed by atoms with Crippen molar-refractivity contribution in [3.8, 4) is 0 Å². The van der Waals surface area contributed by atoms with Gasteiger partial charge in [-0.05, 0) is 34.5 Å². The molecular formula is C18H12Cl2O2. The highest BCUT2D eigenvalue weighted by molar-refractivity contribution is 6.35. The summed E-state index contributed by atoms with van der Waals surface area (Å²) in [5.74, 6) is -0.447. The Morgan fingerprint density at radius 2 is 1.59 bits per heavy atom. The van der Waals surface area contributed by atoms with Gasteiger partial charge < -0.3 is 4.74 Å². The third-order valence-electron chi connectivity index (χ3n) is 3.34. The van der Waals surface area contributed by atoms with Gasteiger partial charge >= 0.3 is 5.97 Å². The summed E-state index contributed by atoms with van der Waals surface area (Å²) < 4.78 is 5.38. The van der Waals surface area contributed by atoms with Gasteiger partial charge in [-0.2, -0.15) is 0 Å². The Morgan fingerprint density at radius 1 is 0.909 bits per heavy atom. The zero-order chi connectivity index (χ0) is 15.5. The maximum atomic E-state index is 12.1. The molecule has 0 fully saturated rings. The van der Waals surface area contributed by atoms with E-state index in [0.29, 0.717) is 15.6 Å². The van der Waals surface area contributed by atoms with Crippen molar-refractivity contribution in [2.45, 2.75) is 6.61 Å². The number of ether oxygens (including phenoxy) is 1. The van der Waals surface area contributed by atoms with Crippen LogP contribution in [0.1, 0.15) is 15.9 Å². The van der Waals surface area contributed by atoms with E-state index in [-0.39, 0.29) is 6.61 Å². The maximum Gasteiger partial charge on any atom is 0.338 e. The average Bonchev–Trinajstić information content (AvgIpc) is 2.51. The van der Waals surface area contributed by atoms with Gasteiger partial charge in [-0.3, -0.25) is 0 Å². The molecule has 0 unspecified atom stereocenters. The largest absolute Gasteiger partial charge is 0.457 e. The highest BCUT2D eigenvalue weighted by Crippen LogP contribution is 2.22. The van der Waals surface area contributed by atoms with Crippen LogP contribution in [0.3, 0.4) is 0 Å². The standard InChI is InChI=1S/C18H12Cl2O2/c19-15-8-14(9-16(20)10-15)18(21)22-11-13-6-3-5-12-4-1-2-7-17(12)13/h1-10H,11H2. The first kappa shape index (κ1) is 14.9. The number of benzene rings is 3. The molecule has 3 rings (SSSR count). The van der Waals surface area contributed by atoms with Crippen molar-refractivity contribution in [2.24, 2.45) is 0 Å². The number of halogens is 2. The van der Waals surface area contributed by atoms with Gasteiger partial charge in [0, 0.05) is 10.0 Å². The first-order valence-electron chi connectivity index (χ1n) is 6.73. The predicted octanol–water partition coefficient (Wildman–Crippen LogP) is 5.50. The van der Waals surface area contributed by atoms with Crippen LogP contribution >= 0.6 is 23.2 Å². The SMILES string of the molecule is O=C(OCc1cccc2ccccc12)c1cc(Cl)cc(Cl)c1. The van der Waals surface area contributed by atoms with E-state index in [9.17, 15) is 4.79 Å². The van der Waals surface area contributed by atoms with E-state index in [1.54, 1.807) is 18.2 Å². The van der Waals surface area contributed by atoms with Gasteiger partial charge in [0.15, 0.2) is 0 Å². The Bertz CT molecular complexity index is 818. The lowest BCUT2D eigenvalue weighted by Crippen LogP contribution is -2.05. The number of hydrogen-bond acceptors (Lipinski definition) is 2. The molecule has 0 saturated carbocycles. The molecule has 4 heteroatoms. The van der Waals surface area contributed by atoms with Crippen LogP contribution in [-0.2, 0) is 11.3 Å². The minimum atomic E-state index is -0.447. The van der Waals surface area contributed by atoms with Crippen LogP contribution in [0.4, 0.5) is 0 Å². The van der Waals surface area contributed by atoms with E-state index in [1.165, 1.54) is 0 Å². The number of fused-ring (bicyclic) bond motifs is 1. The minimum Gasteiger partial charge on any atom is -0.457 e. The number of carbonyl (C=O) groups excluding carboxylic acids is 1. The summed E-state index contributed by atoms with van der Waals surface area (Å²) in [5, 5.41) is 3.00. The number of hydrogen-bond donors (Lipinski definition) is 0. The number of rotatable bonds is 3. The average molecular weight is 331 g/mol. The fourth-order valence-corrected chi connectivity index (χ4v) is 2.84. The van der Waals surface area contributed by atoms with Gasteiger partial charge in [0.1, 0.15) is 6.61 Å². The second-order valence-corrected chi connectivity index (χ2v) is 5.75. The van der Waals surface area contributed by atoms with Crippen LogP contribution in [0.5, 0.6) is 0 Å². The molecule has 0 amide bonds. The molecule has 3 aromatic rings. The molecular weight excluding hydrogens is 319 g/mol. The summed E-state index contributed by atoms with van der Waals surface area (Å²) in [5.41, 5.74) is 1.30. The van der Waals surface area contributed by atoms with Crippen LogP contribution in [0.2, 0.25) is 10.0 Å². The monoisotopic (exact) mass is 330 g/mol. The molecule has 0 aromatic heterocycles. The predicted molar refractivity (Wildman–Crippen MR) is 89.5 cm³/mol. The topological polar surface area (TPSA) is 26.3 Å². The highest BCUT2D eigenvalue weighted by Gasteiger charge is 2.10. The van der Waals surface area contributed by atoms with Gasteiger partial charge in [-0.1, -0.05) is 65.7 Å². The molecule has 22 heavy (non-hydrogen) atoms. The van der Waals surface area contributed by atoms with Gasteiger partial charge in [0.05, 0.1) is 5.56 Å². The van der Waals surface area contributed by atoms with Crippen molar-refractivity contribution in [3.63, 3.8) is 0 Å². The van der Waals surface area contributed by atoms with Gasteiger partial charge in [-0.25, -0.2) is 4.79 Å². The van der Waals surface area contributed by atoms with Gasteiger partial charge in [0.2, 0.25) is 0 Å². The van der Waals surface area contributed by atoms with E-state index in [4.69, 9.17) is 27.9 Å². The molecule has 0 aliphatic heterocycles. The van der Waals surface area contributed by atoms with Crippen LogP contribution in [0, 0.1) is 0 Å². The maximum absolute atomic E-state index is 12.1. The first-order chi connectivity index (χ1) is 10.6. The second kappa shape index (κ2) is 6.39. The summed E-state index contributed by atoms with van der Waals surface area (Å²) >= 11 is 11.8. The second-order valence-electron chi connectivity index (χ2n) is 4.87. The number of carbonyl (C=O) groups is 1. The molecule has 0 saturated heterocycles. The van der Waals surface area contributed by atoms with Crippen LogP contribution in [0.25, 0.3) is 10.8 Å². The van der Waals surface area contributed by atoms with Gasteiger partial charge in [0.25, 0.3) is 0 Å². The van der Waals surface area contributed by atoms with Gasteiger partial charge in [-0.15, -0.1) is 0 Å². The lowest BCUT2D eigenvalue weighted by atomic mass is 10.1. The fraction of sp³-hybridized carbons (Fsp3) is 0.0556. The Labute approximate surface area is 138 Å². The third-order valence-corrected chi connectivity index (χ3v) is 3.77. The molecule has 0 aliphatic carbocycles. The summed E-state index contributed by atoms with van der Waals surface area (Å²) in [6.45, 7) is 0.199. The molecule has 110 valence electrons. The van der Waals surface area contributed by atoms with Crippen molar-refractivity contribution in [1.82, 2.24) is 0 Å². The van der Waals surface area contributed by atoms with Crippen molar-refractivity contribution in [1.29, 1.82) is 0 Å². The molecule has 0 radical (unpaired) electrons. The summed E-state index contributed by atoms with van der Waals surface area (Å²) in [4.78, 5) is 12.1. The van der Waals surface area contributed by atoms with E-state index in [2.05, 4.69) is 0 Å². The zero-order valence-electron chi connectivity index (χ0n) is 11.6. The van der Waals surface area contributed by atoms with E-state index < -0.39 is 5.97 Å². The molecule has 0 spiro atoms. The summed E-state index contributed by atoms with van der Waals surface area (Å²) in [7, 11) is 0. The highest BCUT2D eigenvalue weighted by atomic mass is 35.5. The van der Waals surface area contributed by atoms with Crippen LogP contribution in [-0.4, -0.2) is 5.97 Å². The van der Waals surface area contributed by atoms with Crippen LogP contribution in [0.15, 0.2) is 60.7 Å². The van der Waals surface area contributed by atoms with Crippen molar-refractivity contribution < 1.29 is 9.53 Å². The molecule has 2 nitrogen and oxygen atoms in total. The smallest absolute Gasteiger partial charge is 0.338 e. The normalized spacial score (nSPS) is 10.6. The van der Waals surface area contributed by atoms with E-state index >= 15 is 0 Å². The zero-order valence-corrected chi connectivity index (χ0v) is 13.1. The van der Waals surface area contributed by atoms with Crippen LogP contribution < -0.4 is 0 Å². The van der Waals surface area contributed by atoms with Crippen molar-refractivity contribution >= 4 is 39.9 Å². The summed E-state index contributed by atoms with van der Waals surface area (Å²) in [6, 6.07) is 18.5. The molecule has 0 atom stereocenters. The quantitative estimate of drug-likeness (QED) is 0.592. The summed E-state index contributed by atoms with van der Waals surface area (Å²) in [6.07, 6.45) is 0. The lowest BCUT2D eigenvalue weighted by Gasteiger charge is -2.08. The Morgan fingerprint density at radius 3 is 2.36 bits per heavy atom. The Hall–Kier alpha value is -2.03. The first-order valence-corrected chi connectivity index (χ1v) is 7.49. The van der Waals surface area contributed by atoms with Crippen molar-refractivity contribution in [2.75, 3.05) is 0 Å². The van der Waals surface area contributed by atoms with E-state index in [0.717, 1.165) is 16.3 Å². The Kier molecular flexibility index (Phi) is 4.32. The Balaban J connectivity index is 1.80. The van der Waals surface area contributed by atoms with E-state index in [1.807, 2.05) is 42.5 Å². The third kappa shape index (κ3) is 3.24. The lowest BCUT2D eigenvalue weighted by molar-refractivity contribution is 0.0474. The number of esters is 1. The molecule has 0 heterocycles. The van der Waals surface area contributed by atoms with Crippen molar-refractivity contribution in [3.05, 3.63) is 81.8 Å². The molecule has 0 aliphatic rings.